The summed E-state index contributed by atoms with van der Waals surface area (Å²) in [5.74, 6) is 0.632. The molecule has 0 aliphatic rings. The van der Waals surface area contributed by atoms with E-state index in [0.29, 0.717) is 32.0 Å². The zero-order chi connectivity index (χ0) is 15.7. The van der Waals surface area contributed by atoms with Crippen LogP contribution in [0.4, 0.5) is 0 Å². The number of methoxy groups -OCH3 is 1. The van der Waals surface area contributed by atoms with Crippen molar-refractivity contribution < 1.29 is 19.0 Å². The fourth-order valence-electron chi connectivity index (χ4n) is 1.94. The Balaban J connectivity index is 2.84. The molecule has 1 N–H and O–H groups in total. The molecule has 1 aromatic carbocycles. The summed E-state index contributed by atoms with van der Waals surface area (Å²) in [6.45, 7) is 7.87. The van der Waals surface area contributed by atoms with E-state index in [1.807, 2.05) is 32.9 Å². The number of amides is 1. The maximum absolute atomic E-state index is 12.2. The second-order valence-electron chi connectivity index (χ2n) is 4.72. The number of rotatable bonds is 9. The number of benzene rings is 1. The topological polar surface area (TPSA) is 56.8 Å². The van der Waals surface area contributed by atoms with Gasteiger partial charge in [-0.15, -0.1) is 0 Å². The molecule has 0 aliphatic carbocycles. The lowest BCUT2D eigenvalue weighted by Crippen LogP contribution is -2.35. The molecule has 1 rings (SSSR count). The Kier molecular flexibility index (Phi) is 7.79. The van der Waals surface area contributed by atoms with Gasteiger partial charge in [0.25, 0.3) is 5.91 Å². The summed E-state index contributed by atoms with van der Waals surface area (Å²) in [5, 5.41) is 2.89. The van der Waals surface area contributed by atoms with Gasteiger partial charge in [-0.05, 0) is 39.0 Å². The number of hydrogen-bond donors (Lipinski definition) is 1. The second kappa shape index (κ2) is 9.37. The van der Waals surface area contributed by atoms with Gasteiger partial charge in [-0.3, -0.25) is 4.79 Å². The molecule has 0 bridgehead atoms. The van der Waals surface area contributed by atoms with Crippen molar-refractivity contribution >= 4 is 5.91 Å². The predicted molar refractivity (Wildman–Crippen MR) is 81.7 cm³/mol. The van der Waals surface area contributed by atoms with Crippen LogP contribution in [0, 0.1) is 0 Å². The van der Waals surface area contributed by atoms with Crippen molar-refractivity contribution in [2.45, 2.75) is 33.4 Å². The van der Waals surface area contributed by atoms with Gasteiger partial charge in [0.2, 0.25) is 0 Å². The summed E-state index contributed by atoms with van der Waals surface area (Å²) in [4.78, 5) is 12.2. The monoisotopic (exact) mass is 295 g/mol. The minimum absolute atomic E-state index is 0.0376. The molecule has 0 heterocycles. The number of nitrogens with one attached hydrogen (secondary N) is 1. The molecule has 0 saturated carbocycles. The Hall–Kier alpha value is -1.59. The van der Waals surface area contributed by atoms with Gasteiger partial charge in [0.05, 0.1) is 19.8 Å². The molecule has 21 heavy (non-hydrogen) atoms. The van der Waals surface area contributed by atoms with Crippen LogP contribution in [0.15, 0.2) is 18.2 Å². The molecule has 1 amide bonds. The van der Waals surface area contributed by atoms with Crippen molar-refractivity contribution in [3.8, 4) is 5.75 Å². The molecular formula is C16H25NO4. The number of carbonyl (C=O) groups is 1. The van der Waals surface area contributed by atoms with Crippen LogP contribution in [-0.4, -0.2) is 38.9 Å². The minimum Gasteiger partial charge on any atom is -0.494 e. The Morgan fingerprint density at radius 2 is 2.05 bits per heavy atom. The van der Waals surface area contributed by atoms with Gasteiger partial charge in [-0.1, -0.05) is 0 Å². The lowest BCUT2D eigenvalue weighted by molar-refractivity contribution is 0.0905. The highest BCUT2D eigenvalue weighted by molar-refractivity contribution is 5.94. The smallest absolute Gasteiger partial charge is 0.251 e. The lowest BCUT2D eigenvalue weighted by Gasteiger charge is -2.15. The summed E-state index contributed by atoms with van der Waals surface area (Å²) >= 11 is 0. The second-order valence-corrected chi connectivity index (χ2v) is 4.72. The van der Waals surface area contributed by atoms with Crippen LogP contribution in [0.3, 0.4) is 0 Å². The van der Waals surface area contributed by atoms with Gasteiger partial charge in [-0.25, -0.2) is 0 Å². The van der Waals surface area contributed by atoms with Gasteiger partial charge in [0.15, 0.2) is 0 Å². The van der Waals surface area contributed by atoms with Crippen LogP contribution in [0.2, 0.25) is 0 Å². The highest BCUT2D eigenvalue weighted by atomic mass is 16.5. The summed E-state index contributed by atoms with van der Waals surface area (Å²) in [6.07, 6.45) is 0. The first kappa shape index (κ1) is 17.5. The zero-order valence-electron chi connectivity index (χ0n) is 13.3. The van der Waals surface area contributed by atoms with Gasteiger partial charge >= 0.3 is 0 Å². The van der Waals surface area contributed by atoms with Crippen LogP contribution in [-0.2, 0) is 16.1 Å². The summed E-state index contributed by atoms with van der Waals surface area (Å²) in [6, 6.07) is 5.35. The van der Waals surface area contributed by atoms with Crippen LogP contribution in [0.25, 0.3) is 0 Å². The Morgan fingerprint density at radius 1 is 1.29 bits per heavy atom. The fraction of sp³-hybridized carbons (Fsp3) is 0.562. The van der Waals surface area contributed by atoms with E-state index in [9.17, 15) is 4.79 Å². The molecular weight excluding hydrogens is 270 g/mol. The van der Waals surface area contributed by atoms with E-state index in [0.717, 1.165) is 11.3 Å². The summed E-state index contributed by atoms with van der Waals surface area (Å²) in [5.41, 5.74) is 1.47. The number of carbonyl (C=O) groups excluding carboxylic acids is 1. The van der Waals surface area contributed by atoms with Gasteiger partial charge in [-0.2, -0.15) is 0 Å². The molecule has 0 radical (unpaired) electrons. The first-order valence-electron chi connectivity index (χ1n) is 7.25. The van der Waals surface area contributed by atoms with Crippen molar-refractivity contribution in [1.29, 1.82) is 0 Å². The predicted octanol–water partition coefficient (Wildman–Crippen LogP) is 2.39. The van der Waals surface area contributed by atoms with E-state index in [1.165, 1.54) is 0 Å². The van der Waals surface area contributed by atoms with E-state index in [2.05, 4.69) is 5.32 Å². The van der Waals surface area contributed by atoms with Crippen molar-refractivity contribution in [2.24, 2.45) is 0 Å². The molecule has 1 atom stereocenters. The Morgan fingerprint density at radius 3 is 2.67 bits per heavy atom. The molecule has 5 nitrogen and oxygen atoms in total. The maximum atomic E-state index is 12.2. The maximum Gasteiger partial charge on any atom is 0.251 e. The van der Waals surface area contributed by atoms with Crippen molar-refractivity contribution in [3.63, 3.8) is 0 Å². The summed E-state index contributed by atoms with van der Waals surface area (Å²) < 4.78 is 16.0. The lowest BCUT2D eigenvalue weighted by atomic mass is 10.1. The van der Waals surface area contributed by atoms with Crippen molar-refractivity contribution in [2.75, 3.05) is 26.9 Å². The standard InChI is InChI=1S/C16H25NO4/c1-5-20-11-14-9-13(7-8-15(14)21-6-2)16(18)17-12(3)10-19-4/h7-9,12H,5-6,10-11H2,1-4H3,(H,17,18). The van der Waals surface area contributed by atoms with E-state index < -0.39 is 0 Å². The molecule has 0 spiro atoms. The van der Waals surface area contributed by atoms with Gasteiger partial charge in [0.1, 0.15) is 5.75 Å². The van der Waals surface area contributed by atoms with Crippen LogP contribution in [0.5, 0.6) is 5.75 Å². The highest BCUT2D eigenvalue weighted by Gasteiger charge is 2.13. The normalized spacial score (nSPS) is 12.0. The van der Waals surface area contributed by atoms with Crippen LogP contribution < -0.4 is 10.1 Å². The SMILES string of the molecule is CCOCc1cc(C(=O)NC(C)COC)ccc1OCC. The molecule has 118 valence electrons. The minimum atomic E-state index is -0.125. The molecule has 5 heteroatoms. The molecule has 0 fully saturated rings. The average molecular weight is 295 g/mol. The first-order chi connectivity index (χ1) is 10.1. The average Bonchev–Trinajstić information content (AvgIpc) is 2.46. The molecule has 1 unspecified atom stereocenters. The molecule has 1 aromatic rings. The number of hydrogen-bond acceptors (Lipinski definition) is 4. The van der Waals surface area contributed by atoms with Crippen LogP contribution >= 0.6 is 0 Å². The van der Waals surface area contributed by atoms with E-state index in [-0.39, 0.29) is 11.9 Å². The Bertz CT molecular complexity index is 448. The summed E-state index contributed by atoms with van der Waals surface area (Å²) in [7, 11) is 1.61. The zero-order valence-corrected chi connectivity index (χ0v) is 13.3. The first-order valence-corrected chi connectivity index (χ1v) is 7.25. The van der Waals surface area contributed by atoms with Gasteiger partial charge < -0.3 is 19.5 Å². The number of ether oxygens (including phenoxy) is 3. The van der Waals surface area contributed by atoms with Crippen LogP contribution in [0.1, 0.15) is 36.7 Å². The third kappa shape index (κ3) is 5.73. The molecule has 0 saturated heterocycles. The van der Waals surface area contributed by atoms with E-state index >= 15 is 0 Å². The van der Waals surface area contributed by atoms with Crippen molar-refractivity contribution in [3.05, 3.63) is 29.3 Å². The third-order valence-electron chi connectivity index (χ3n) is 2.88. The quantitative estimate of drug-likeness (QED) is 0.760. The van der Waals surface area contributed by atoms with Crippen molar-refractivity contribution in [1.82, 2.24) is 5.32 Å². The Labute approximate surface area is 126 Å². The molecule has 0 aromatic heterocycles. The molecule has 0 aliphatic heterocycles. The van der Waals surface area contributed by atoms with E-state index in [1.54, 1.807) is 13.2 Å². The highest BCUT2D eigenvalue weighted by Crippen LogP contribution is 2.21. The van der Waals surface area contributed by atoms with E-state index in [4.69, 9.17) is 14.2 Å². The fourth-order valence-corrected chi connectivity index (χ4v) is 1.94. The van der Waals surface area contributed by atoms with Gasteiger partial charge in [0, 0.05) is 30.9 Å². The largest absolute Gasteiger partial charge is 0.494 e. The third-order valence-corrected chi connectivity index (χ3v) is 2.88.